The van der Waals surface area contributed by atoms with E-state index in [1.807, 2.05) is 0 Å². The molecule has 26 heavy (non-hydrogen) atoms. The maximum Gasteiger partial charge on any atom is 0.0769 e. The van der Waals surface area contributed by atoms with Gasteiger partial charge < -0.3 is 4.74 Å². The van der Waals surface area contributed by atoms with Crippen molar-refractivity contribution in [2.24, 2.45) is 5.41 Å². The molecule has 0 spiro atoms. The summed E-state index contributed by atoms with van der Waals surface area (Å²) in [6, 6.07) is 0. The Kier molecular flexibility index (Phi) is 15.5. The van der Waals surface area contributed by atoms with Gasteiger partial charge in [-0.2, -0.15) is 0 Å². The topological polar surface area (TPSA) is 9.23 Å². The zero-order valence-electron chi connectivity index (χ0n) is 19.0. The molecule has 0 fully saturated rings. The van der Waals surface area contributed by atoms with Gasteiger partial charge in [0.05, 0.1) is 5.60 Å². The minimum atomic E-state index is -0.0145. The van der Waals surface area contributed by atoms with Gasteiger partial charge in [0.25, 0.3) is 0 Å². The molecule has 0 heterocycles. The second-order valence-corrected chi connectivity index (χ2v) is 8.54. The van der Waals surface area contributed by atoms with E-state index in [0.29, 0.717) is 0 Å². The van der Waals surface area contributed by atoms with Crippen LogP contribution in [0.3, 0.4) is 0 Å². The average molecular weight is 367 g/mol. The van der Waals surface area contributed by atoms with Gasteiger partial charge in [0, 0.05) is 12.0 Å². The fourth-order valence-electron chi connectivity index (χ4n) is 4.13. The van der Waals surface area contributed by atoms with Crippen molar-refractivity contribution in [3.63, 3.8) is 0 Å². The summed E-state index contributed by atoms with van der Waals surface area (Å²) in [7, 11) is 0. The molecule has 0 aromatic rings. The predicted molar refractivity (Wildman–Crippen MR) is 119 cm³/mol. The standard InChI is InChI=1S/C25H50O/c1-7-12-16-17-18-19-20-24(6,11-5)25(21-13-8-2,22-14-9-3)26-23-15-10-4/h11H,5,7-10,12-23H2,1-4,6H3. The van der Waals surface area contributed by atoms with E-state index in [-0.39, 0.29) is 11.0 Å². The molecule has 0 saturated heterocycles. The largest absolute Gasteiger partial charge is 0.374 e. The molecule has 0 amide bonds. The normalized spacial score (nSPS) is 14.3. The van der Waals surface area contributed by atoms with Crippen LogP contribution in [0, 0.1) is 5.41 Å². The maximum absolute atomic E-state index is 6.75. The summed E-state index contributed by atoms with van der Waals surface area (Å²) in [4.78, 5) is 0. The first-order chi connectivity index (χ1) is 12.6. The zero-order chi connectivity index (χ0) is 19.7. The molecule has 1 unspecified atom stereocenters. The van der Waals surface area contributed by atoms with Crippen LogP contribution in [0.15, 0.2) is 12.7 Å². The molecule has 0 aromatic carbocycles. The Morgan fingerprint density at radius 1 is 0.654 bits per heavy atom. The summed E-state index contributed by atoms with van der Waals surface area (Å²) < 4.78 is 6.75. The summed E-state index contributed by atoms with van der Waals surface area (Å²) in [5.74, 6) is 0. The van der Waals surface area contributed by atoms with Gasteiger partial charge in [-0.25, -0.2) is 0 Å². The van der Waals surface area contributed by atoms with Crippen LogP contribution >= 0.6 is 0 Å². The SMILES string of the molecule is C=CC(C)(CCCCCCCC)C(CCCC)(CCCC)OCCCC. The molecule has 0 saturated carbocycles. The average Bonchev–Trinajstić information content (AvgIpc) is 2.66. The van der Waals surface area contributed by atoms with Crippen LogP contribution in [0.2, 0.25) is 0 Å². The van der Waals surface area contributed by atoms with Crippen LogP contribution in [0.25, 0.3) is 0 Å². The van der Waals surface area contributed by atoms with E-state index < -0.39 is 0 Å². The van der Waals surface area contributed by atoms with Crippen LogP contribution < -0.4 is 0 Å². The van der Waals surface area contributed by atoms with Crippen LogP contribution in [0.4, 0.5) is 0 Å². The lowest BCUT2D eigenvalue weighted by atomic mass is 9.65. The van der Waals surface area contributed by atoms with E-state index in [2.05, 4.69) is 47.3 Å². The van der Waals surface area contributed by atoms with E-state index in [4.69, 9.17) is 4.74 Å². The molecule has 0 rings (SSSR count). The molecule has 1 nitrogen and oxygen atoms in total. The third-order valence-corrected chi connectivity index (χ3v) is 6.29. The first-order valence-corrected chi connectivity index (χ1v) is 11.8. The Bertz CT molecular complexity index is 314. The second kappa shape index (κ2) is 15.7. The van der Waals surface area contributed by atoms with Crippen molar-refractivity contribution in [2.45, 2.75) is 137 Å². The van der Waals surface area contributed by atoms with Crippen molar-refractivity contribution in [3.05, 3.63) is 12.7 Å². The molecule has 0 N–H and O–H groups in total. The third-order valence-electron chi connectivity index (χ3n) is 6.29. The van der Waals surface area contributed by atoms with Crippen LogP contribution in [0.1, 0.15) is 131 Å². The van der Waals surface area contributed by atoms with Crippen LogP contribution in [-0.4, -0.2) is 12.2 Å². The quantitative estimate of drug-likeness (QED) is 0.164. The smallest absolute Gasteiger partial charge is 0.0769 e. The van der Waals surface area contributed by atoms with Gasteiger partial charge in [-0.1, -0.05) is 111 Å². The molecule has 0 radical (unpaired) electrons. The highest BCUT2D eigenvalue weighted by Gasteiger charge is 2.45. The van der Waals surface area contributed by atoms with Crippen LogP contribution in [-0.2, 0) is 4.74 Å². The highest BCUT2D eigenvalue weighted by Crippen LogP contribution is 2.47. The number of hydrogen-bond donors (Lipinski definition) is 0. The van der Waals surface area contributed by atoms with E-state index in [1.165, 1.54) is 96.3 Å². The molecular weight excluding hydrogens is 316 g/mol. The Morgan fingerprint density at radius 2 is 1.15 bits per heavy atom. The van der Waals surface area contributed by atoms with Crippen molar-refractivity contribution in [3.8, 4) is 0 Å². The van der Waals surface area contributed by atoms with Gasteiger partial charge in [0.1, 0.15) is 0 Å². The lowest BCUT2D eigenvalue weighted by Gasteiger charge is -2.48. The predicted octanol–water partition coefficient (Wildman–Crippen LogP) is 8.87. The number of rotatable bonds is 19. The molecule has 0 aliphatic heterocycles. The van der Waals surface area contributed by atoms with Crippen molar-refractivity contribution >= 4 is 0 Å². The van der Waals surface area contributed by atoms with Gasteiger partial charge in [0.2, 0.25) is 0 Å². The fourth-order valence-corrected chi connectivity index (χ4v) is 4.13. The Hall–Kier alpha value is -0.300. The summed E-state index contributed by atoms with van der Waals surface area (Å²) in [6.07, 6.45) is 21.4. The van der Waals surface area contributed by atoms with Gasteiger partial charge in [-0.05, 0) is 25.7 Å². The van der Waals surface area contributed by atoms with Gasteiger partial charge in [0.15, 0.2) is 0 Å². The molecule has 0 bridgehead atoms. The van der Waals surface area contributed by atoms with Gasteiger partial charge in [-0.3, -0.25) is 0 Å². The first kappa shape index (κ1) is 25.7. The Labute approximate surface area is 166 Å². The number of unbranched alkanes of at least 4 members (excludes halogenated alkanes) is 8. The number of ether oxygens (including phenoxy) is 1. The molecule has 0 aliphatic carbocycles. The van der Waals surface area contributed by atoms with Crippen molar-refractivity contribution in [2.75, 3.05) is 6.61 Å². The number of hydrogen-bond acceptors (Lipinski definition) is 1. The summed E-state index contributed by atoms with van der Waals surface area (Å²) in [5, 5.41) is 0. The molecule has 1 heteroatoms. The molecule has 156 valence electrons. The summed E-state index contributed by atoms with van der Waals surface area (Å²) in [6.45, 7) is 16.8. The van der Waals surface area contributed by atoms with Gasteiger partial charge >= 0.3 is 0 Å². The third kappa shape index (κ3) is 9.07. The molecule has 1 atom stereocenters. The second-order valence-electron chi connectivity index (χ2n) is 8.54. The lowest BCUT2D eigenvalue weighted by molar-refractivity contribution is -0.129. The highest BCUT2D eigenvalue weighted by molar-refractivity contribution is 5.07. The molecular formula is C25H50O. The minimum Gasteiger partial charge on any atom is -0.374 e. The molecule has 0 aliphatic rings. The van der Waals surface area contributed by atoms with Crippen molar-refractivity contribution < 1.29 is 4.74 Å². The molecule has 0 aromatic heterocycles. The van der Waals surface area contributed by atoms with Gasteiger partial charge in [-0.15, -0.1) is 6.58 Å². The zero-order valence-corrected chi connectivity index (χ0v) is 19.0. The lowest BCUT2D eigenvalue weighted by Crippen LogP contribution is -2.48. The first-order valence-electron chi connectivity index (χ1n) is 11.8. The van der Waals surface area contributed by atoms with Crippen LogP contribution in [0.5, 0.6) is 0 Å². The Balaban J connectivity index is 5.12. The van der Waals surface area contributed by atoms with Crippen molar-refractivity contribution in [1.29, 1.82) is 0 Å². The van der Waals surface area contributed by atoms with E-state index >= 15 is 0 Å². The van der Waals surface area contributed by atoms with Crippen molar-refractivity contribution in [1.82, 2.24) is 0 Å². The Morgan fingerprint density at radius 3 is 1.65 bits per heavy atom. The summed E-state index contributed by atoms with van der Waals surface area (Å²) in [5.41, 5.74) is 0.0786. The van der Waals surface area contributed by atoms with E-state index in [9.17, 15) is 0 Å². The summed E-state index contributed by atoms with van der Waals surface area (Å²) >= 11 is 0. The fraction of sp³-hybridized carbons (Fsp3) is 0.920. The van der Waals surface area contributed by atoms with E-state index in [1.54, 1.807) is 0 Å². The highest BCUT2D eigenvalue weighted by atomic mass is 16.5. The minimum absolute atomic E-state index is 0.0145. The maximum atomic E-state index is 6.75. The van der Waals surface area contributed by atoms with E-state index in [0.717, 1.165) is 6.61 Å². The monoisotopic (exact) mass is 366 g/mol.